The number of nitrogens with zero attached hydrogens (tertiary/aromatic N) is 2. The smallest absolute Gasteiger partial charge is 0.226 e. The molecule has 7 heteroatoms. The SMILES string of the molecule is O=C(CC1CCCC1)Nc1nc(-c2c[nH]c3ncc(Br)cc23)cs1. The molecule has 1 saturated carbocycles. The molecule has 3 aromatic heterocycles. The fraction of sp³-hybridized carbons (Fsp3) is 0.353. The molecule has 4 rings (SSSR count). The van der Waals surface area contributed by atoms with Crippen LogP contribution >= 0.6 is 27.3 Å². The van der Waals surface area contributed by atoms with Gasteiger partial charge in [0, 0.05) is 39.6 Å². The number of fused-ring (bicyclic) bond motifs is 1. The second-order valence-electron chi connectivity index (χ2n) is 6.19. The number of H-pyrrole nitrogens is 1. The van der Waals surface area contributed by atoms with Gasteiger partial charge in [0.05, 0.1) is 5.69 Å². The van der Waals surface area contributed by atoms with Crippen LogP contribution in [0.4, 0.5) is 5.13 Å². The number of hydrogen-bond acceptors (Lipinski definition) is 4. The van der Waals surface area contributed by atoms with E-state index in [9.17, 15) is 4.79 Å². The zero-order valence-corrected chi connectivity index (χ0v) is 15.4. The van der Waals surface area contributed by atoms with Gasteiger partial charge in [-0.15, -0.1) is 11.3 Å². The molecule has 0 atom stereocenters. The predicted octanol–water partition coefficient (Wildman–Crippen LogP) is 4.97. The van der Waals surface area contributed by atoms with Gasteiger partial charge in [0.1, 0.15) is 5.65 Å². The van der Waals surface area contributed by atoms with Crippen molar-refractivity contribution in [2.24, 2.45) is 5.92 Å². The number of anilines is 1. The van der Waals surface area contributed by atoms with Crippen molar-refractivity contribution in [3.8, 4) is 11.3 Å². The van der Waals surface area contributed by atoms with Crippen LogP contribution in [0.1, 0.15) is 32.1 Å². The second kappa shape index (κ2) is 6.64. The average Bonchev–Trinajstić information content (AvgIpc) is 3.27. The van der Waals surface area contributed by atoms with Crippen LogP contribution in [0.2, 0.25) is 0 Å². The summed E-state index contributed by atoms with van der Waals surface area (Å²) in [4.78, 5) is 24.2. The van der Waals surface area contributed by atoms with Gasteiger partial charge in [-0.2, -0.15) is 0 Å². The van der Waals surface area contributed by atoms with E-state index >= 15 is 0 Å². The first-order valence-corrected chi connectivity index (χ1v) is 9.74. The van der Waals surface area contributed by atoms with Crippen LogP contribution < -0.4 is 5.32 Å². The van der Waals surface area contributed by atoms with E-state index in [0.29, 0.717) is 17.5 Å². The quantitative estimate of drug-likeness (QED) is 0.644. The Morgan fingerprint density at radius 1 is 1.42 bits per heavy atom. The summed E-state index contributed by atoms with van der Waals surface area (Å²) in [6, 6.07) is 2.02. The van der Waals surface area contributed by atoms with Crippen molar-refractivity contribution in [2.75, 3.05) is 5.32 Å². The number of carbonyl (C=O) groups excluding carboxylic acids is 1. The lowest BCUT2D eigenvalue weighted by atomic mass is 10.0. The second-order valence-corrected chi connectivity index (χ2v) is 7.97. The summed E-state index contributed by atoms with van der Waals surface area (Å²) in [5, 5.41) is 6.58. The van der Waals surface area contributed by atoms with Gasteiger partial charge in [-0.05, 0) is 40.8 Å². The van der Waals surface area contributed by atoms with Crippen LogP contribution in [-0.2, 0) is 4.79 Å². The van der Waals surface area contributed by atoms with Gasteiger partial charge in [-0.1, -0.05) is 12.8 Å². The van der Waals surface area contributed by atoms with E-state index in [1.807, 2.05) is 17.6 Å². The molecule has 0 unspecified atom stereocenters. The summed E-state index contributed by atoms with van der Waals surface area (Å²) in [6.45, 7) is 0. The van der Waals surface area contributed by atoms with E-state index in [1.165, 1.54) is 37.0 Å². The fourth-order valence-electron chi connectivity index (χ4n) is 3.29. The van der Waals surface area contributed by atoms with Gasteiger partial charge in [-0.3, -0.25) is 4.79 Å². The van der Waals surface area contributed by atoms with Gasteiger partial charge in [0.25, 0.3) is 0 Å². The monoisotopic (exact) mass is 404 g/mol. The first-order valence-electron chi connectivity index (χ1n) is 8.07. The molecule has 1 amide bonds. The molecule has 0 aliphatic heterocycles. The summed E-state index contributed by atoms with van der Waals surface area (Å²) in [6.07, 6.45) is 9.13. The van der Waals surface area contributed by atoms with Crippen LogP contribution in [0, 0.1) is 5.92 Å². The zero-order valence-electron chi connectivity index (χ0n) is 13.0. The van der Waals surface area contributed by atoms with E-state index in [-0.39, 0.29) is 5.91 Å². The van der Waals surface area contributed by atoms with Crippen molar-refractivity contribution in [1.82, 2.24) is 15.0 Å². The molecule has 0 saturated heterocycles. The fourth-order valence-corrected chi connectivity index (χ4v) is 4.35. The van der Waals surface area contributed by atoms with Gasteiger partial charge in [0.2, 0.25) is 5.91 Å². The summed E-state index contributed by atoms with van der Waals surface area (Å²) in [7, 11) is 0. The lowest BCUT2D eigenvalue weighted by molar-refractivity contribution is -0.117. The Bertz CT molecular complexity index is 882. The number of amides is 1. The molecule has 3 aromatic rings. The molecule has 0 spiro atoms. The largest absolute Gasteiger partial charge is 0.345 e. The highest BCUT2D eigenvalue weighted by molar-refractivity contribution is 9.10. The molecule has 1 fully saturated rings. The number of carbonyl (C=O) groups is 1. The van der Waals surface area contributed by atoms with Crippen LogP contribution in [0.15, 0.2) is 28.3 Å². The van der Waals surface area contributed by atoms with E-state index in [2.05, 4.69) is 36.2 Å². The normalized spacial score (nSPS) is 15.2. The van der Waals surface area contributed by atoms with Crippen LogP contribution in [0.3, 0.4) is 0 Å². The van der Waals surface area contributed by atoms with Gasteiger partial charge < -0.3 is 10.3 Å². The number of nitrogens with one attached hydrogen (secondary N) is 2. The molecule has 0 bridgehead atoms. The molecule has 3 heterocycles. The minimum Gasteiger partial charge on any atom is -0.345 e. The minimum absolute atomic E-state index is 0.0751. The zero-order chi connectivity index (χ0) is 16.5. The van der Waals surface area contributed by atoms with Crippen molar-refractivity contribution < 1.29 is 4.79 Å². The minimum atomic E-state index is 0.0751. The highest BCUT2D eigenvalue weighted by Crippen LogP contribution is 2.32. The Hall–Kier alpha value is -1.73. The van der Waals surface area contributed by atoms with Crippen LogP contribution in [-0.4, -0.2) is 20.9 Å². The number of rotatable bonds is 4. The Morgan fingerprint density at radius 3 is 3.08 bits per heavy atom. The number of halogens is 1. The first kappa shape index (κ1) is 15.8. The Balaban J connectivity index is 1.51. The maximum atomic E-state index is 12.2. The highest BCUT2D eigenvalue weighted by atomic mass is 79.9. The van der Waals surface area contributed by atoms with Crippen LogP contribution in [0.25, 0.3) is 22.3 Å². The Labute approximate surface area is 152 Å². The van der Waals surface area contributed by atoms with Crippen molar-refractivity contribution in [1.29, 1.82) is 0 Å². The van der Waals surface area contributed by atoms with Crippen LogP contribution in [0.5, 0.6) is 0 Å². The van der Waals surface area contributed by atoms with Gasteiger partial charge in [0.15, 0.2) is 5.13 Å². The standard InChI is InChI=1S/C17H17BrN4OS/c18-11-6-12-13(8-20-16(12)19-7-11)14-9-24-17(21-14)22-15(23)5-10-3-1-2-4-10/h6-10H,1-5H2,(H,19,20)(H,21,22,23). The molecule has 0 radical (unpaired) electrons. The van der Waals surface area contributed by atoms with E-state index in [0.717, 1.165) is 26.8 Å². The summed E-state index contributed by atoms with van der Waals surface area (Å²) in [5.74, 6) is 0.618. The first-order chi connectivity index (χ1) is 11.7. The molecule has 1 aliphatic carbocycles. The molecular weight excluding hydrogens is 388 g/mol. The molecule has 2 N–H and O–H groups in total. The number of aromatic amines is 1. The molecule has 1 aliphatic rings. The molecule has 0 aromatic carbocycles. The summed E-state index contributed by atoms with van der Waals surface area (Å²) < 4.78 is 0.927. The molecular formula is C17H17BrN4OS. The summed E-state index contributed by atoms with van der Waals surface area (Å²) in [5.41, 5.74) is 2.67. The number of pyridine rings is 1. The van der Waals surface area contributed by atoms with Crippen molar-refractivity contribution in [3.05, 3.63) is 28.3 Å². The number of thiazole rings is 1. The predicted molar refractivity (Wildman–Crippen MR) is 100 cm³/mol. The lowest BCUT2D eigenvalue weighted by Crippen LogP contribution is -2.14. The molecule has 24 heavy (non-hydrogen) atoms. The van der Waals surface area contributed by atoms with Crippen molar-refractivity contribution >= 4 is 49.3 Å². The average molecular weight is 405 g/mol. The molecule has 5 nitrogen and oxygen atoms in total. The maximum absolute atomic E-state index is 12.2. The van der Waals surface area contributed by atoms with Gasteiger partial charge >= 0.3 is 0 Å². The Morgan fingerprint density at radius 2 is 2.25 bits per heavy atom. The third-order valence-corrected chi connectivity index (χ3v) is 5.66. The third-order valence-electron chi connectivity index (χ3n) is 4.47. The maximum Gasteiger partial charge on any atom is 0.226 e. The lowest BCUT2D eigenvalue weighted by Gasteiger charge is -2.07. The Kier molecular flexibility index (Phi) is 4.37. The summed E-state index contributed by atoms with van der Waals surface area (Å²) >= 11 is 4.91. The number of aromatic nitrogens is 3. The van der Waals surface area contributed by atoms with Crippen molar-refractivity contribution in [2.45, 2.75) is 32.1 Å². The highest BCUT2D eigenvalue weighted by Gasteiger charge is 2.19. The van der Waals surface area contributed by atoms with E-state index < -0.39 is 0 Å². The van der Waals surface area contributed by atoms with E-state index in [4.69, 9.17) is 0 Å². The van der Waals surface area contributed by atoms with Gasteiger partial charge in [-0.25, -0.2) is 9.97 Å². The number of hydrogen-bond donors (Lipinski definition) is 2. The molecule has 124 valence electrons. The topological polar surface area (TPSA) is 70.7 Å². The third kappa shape index (κ3) is 3.23. The van der Waals surface area contributed by atoms with E-state index in [1.54, 1.807) is 6.20 Å². The van der Waals surface area contributed by atoms with Crippen molar-refractivity contribution in [3.63, 3.8) is 0 Å².